The molecule has 1 nitrogen and oxygen atoms in total. The zero-order chi connectivity index (χ0) is 12.7. The summed E-state index contributed by atoms with van der Waals surface area (Å²) in [6.07, 6.45) is 4.27. The summed E-state index contributed by atoms with van der Waals surface area (Å²) >= 11 is 1.78. The minimum atomic E-state index is 1.22. The van der Waals surface area contributed by atoms with Gasteiger partial charge in [-0.05, 0) is 40.6 Å². The number of hydrogen-bond donors (Lipinski definition) is 0. The molecule has 0 spiro atoms. The molecule has 19 heavy (non-hydrogen) atoms. The first-order chi connectivity index (χ1) is 9.40. The summed E-state index contributed by atoms with van der Waals surface area (Å²) in [5.41, 5.74) is 2.51. The van der Waals surface area contributed by atoms with Crippen LogP contribution >= 0.6 is 11.3 Å². The highest BCUT2D eigenvalue weighted by Gasteiger charge is 2.06. The molecule has 4 rings (SSSR count). The second-order valence-corrected chi connectivity index (χ2v) is 5.57. The predicted octanol–water partition coefficient (Wildman–Crippen LogP) is 4.31. The molecule has 0 N–H and O–H groups in total. The molecular formula is C17H12NS+. The van der Waals surface area contributed by atoms with Crippen molar-refractivity contribution in [2.75, 3.05) is 0 Å². The zero-order valence-electron chi connectivity index (χ0n) is 10.3. The molecule has 0 bridgehead atoms. The largest absolute Gasteiger partial charge is 0.211 e. The number of thiophene rings is 1. The highest BCUT2D eigenvalue weighted by atomic mass is 32.1. The Labute approximate surface area is 115 Å². The summed E-state index contributed by atoms with van der Waals surface area (Å²) in [5, 5.41) is 4.68. The SMILES string of the molecule is c1csc(-c2ccc3c[n+]4ccccc4cc3c2)c1. The maximum Gasteiger partial charge on any atom is 0.211 e. The van der Waals surface area contributed by atoms with E-state index in [9.17, 15) is 0 Å². The van der Waals surface area contributed by atoms with Crippen LogP contribution in [-0.4, -0.2) is 0 Å². The van der Waals surface area contributed by atoms with Gasteiger partial charge in [-0.3, -0.25) is 0 Å². The van der Waals surface area contributed by atoms with Gasteiger partial charge in [-0.1, -0.05) is 12.1 Å². The molecule has 0 aliphatic rings. The van der Waals surface area contributed by atoms with Gasteiger partial charge >= 0.3 is 0 Å². The Kier molecular flexibility index (Phi) is 2.35. The van der Waals surface area contributed by atoms with Crippen LogP contribution in [0.4, 0.5) is 0 Å². The van der Waals surface area contributed by atoms with Gasteiger partial charge in [0.15, 0.2) is 12.4 Å². The molecule has 0 amide bonds. The Bertz CT molecular complexity index is 863. The highest BCUT2D eigenvalue weighted by molar-refractivity contribution is 7.13. The molecule has 3 aromatic heterocycles. The quantitative estimate of drug-likeness (QED) is 0.355. The standard InChI is InChI=1S/C17H12NS/c1-2-8-18-12-14-7-6-13(17-5-3-9-19-17)10-15(14)11-16(18)4-1/h1-12H/q+1. The van der Waals surface area contributed by atoms with E-state index in [0.717, 1.165) is 0 Å². The fourth-order valence-corrected chi connectivity index (χ4v) is 3.16. The predicted molar refractivity (Wildman–Crippen MR) is 80.4 cm³/mol. The van der Waals surface area contributed by atoms with Crippen molar-refractivity contribution in [1.29, 1.82) is 0 Å². The Hall–Kier alpha value is -2.19. The van der Waals surface area contributed by atoms with E-state index in [1.165, 1.54) is 26.7 Å². The second kappa shape index (κ2) is 4.18. The van der Waals surface area contributed by atoms with E-state index in [1.807, 2.05) is 0 Å². The highest BCUT2D eigenvalue weighted by Crippen LogP contribution is 2.27. The van der Waals surface area contributed by atoms with Gasteiger partial charge in [0.05, 0.1) is 0 Å². The third kappa shape index (κ3) is 1.81. The molecule has 0 saturated carbocycles. The summed E-state index contributed by atoms with van der Waals surface area (Å²) in [6, 6.07) is 19.4. The van der Waals surface area contributed by atoms with Crippen LogP contribution in [0, 0.1) is 0 Å². The van der Waals surface area contributed by atoms with Crippen molar-refractivity contribution in [1.82, 2.24) is 0 Å². The molecule has 0 radical (unpaired) electrons. The van der Waals surface area contributed by atoms with Gasteiger partial charge in [0.25, 0.3) is 0 Å². The monoisotopic (exact) mass is 262 g/mol. The van der Waals surface area contributed by atoms with Crippen molar-refractivity contribution in [3.63, 3.8) is 0 Å². The smallest absolute Gasteiger partial charge is 0.167 e. The van der Waals surface area contributed by atoms with Crippen molar-refractivity contribution < 1.29 is 4.40 Å². The molecule has 2 heteroatoms. The lowest BCUT2D eigenvalue weighted by Crippen LogP contribution is -2.19. The number of pyridine rings is 2. The number of rotatable bonds is 1. The van der Waals surface area contributed by atoms with Crippen LogP contribution < -0.4 is 4.40 Å². The van der Waals surface area contributed by atoms with E-state index in [4.69, 9.17) is 0 Å². The first-order valence-electron chi connectivity index (χ1n) is 6.28. The van der Waals surface area contributed by atoms with Crippen molar-refractivity contribution in [2.24, 2.45) is 0 Å². The summed E-state index contributed by atoms with van der Waals surface area (Å²) in [7, 11) is 0. The van der Waals surface area contributed by atoms with E-state index in [-0.39, 0.29) is 0 Å². The van der Waals surface area contributed by atoms with Gasteiger partial charge in [-0.15, -0.1) is 11.3 Å². The molecule has 4 aromatic rings. The van der Waals surface area contributed by atoms with E-state index >= 15 is 0 Å². The van der Waals surface area contributed by atoms with Gasteiger partial charge in [0.2, 0.25) is 5.52 Å². The maximum absolute atomic E-state index is 2.27. The van der Waals surface area contributed by atoms with Crippen LogP contribution in [0.3, 0.4) is 0 Å². The normalized spacial score (nSPS) is 11.2. The summed E-state index contributed by atoms with van der Waals surface area (Å²) in [6.45, 7) is 0. The molecule has 0 aliphatic heterocycles. The minimum absolute atomic E-state index is 1.22. The second-order valence-electron chi connectivity index (χ2n) is 4.63. The van der Waals surface area contributed by atoms with Crippen LogP contribution in [0.25, 0.3) is 26.7 Å². The van der Waals surface area contributed by atoms with E-state index in [0.29, 0.717) is 0 Å². The number of hydrogen-bond acceptors (Lipinski definition) is 1. The van der Waals surface area contributed by atoms with Gasteiger partial charge in [0, 0.05) is 28.5 Å². The van der Waals surface area contributed by atoms with Crippen LogP contribution in [-0.2, 0) is 0 Å². The van der Waals surface area contributed by atoms with Crippen molar-refractivity contribution in [3.05, 3.63) is 72.4 Å². The fourth-order valence-electron chi connectivity index (χ4n) is 2.43. The number of fused-ring (bicyclic) bond motifs is 2. The minimum Gasteiger partial charge on any atom is -0.167 e. The Morgan fingerprint density at radius 3 is 2.74 bits per heavy atom. The van der Waals surface area contributed by atoms with Crippen LogP contribution in [0.1, 0.15) is 0 Å². The first-order valence-corrected chi connectivity index (χ1v) is 7.16. The summed E-state index contributed by atoms with van der Waals surface area (Å²) < 4.78 is 2.16. The number of benzene rings is 1. The summed E-state index contributed by atoms with van der Waals surface area (Å²) in [4.78, 5) is 1.32. The molecule has 90 valence electrons. The molecule has 0 aliphatic carbocycles. The van der Waals surface area contributed by atoms with E-state index in [2.05, 4.69) is 76.8 Å². The fraction of sp³-hybridized carbons (Fsp3) is 0. The Morgan fingerprint density at radius 1 is 0.842 bits per heavy atom. The van der Waals surface area contributed by atoms with Gasteiger partial charge in [0.1, 0.15) is 0 Å². The molecular weight excluding hydrogens is 250 g/mol. The molecule has 0 fully saturated rings. The van der Waals surface area contributed by atoms with Crippen LogP contribution in [0.15, 0.2) is 72.4 Å². The number of nitrogens with zero attached hydrogens (tertiary/aromatic N) is 1. The molecule has 0 unspecified atom stereocenters. The third-order valence-electron chi connectivity index (χ3n) is 3.40. The van der Waals surface area contributed by atoms with Crippen LogP contribution in [0.5, 0.6) is 0 Å². The van der Waals surface area contributed by atoms with Gasteiger partial charge in [-0.25, -0.2) is 0 Å². The molecule has 3 heterocycles. The zero-order valence-corrected chi connectivity index (χ0v) is 11.1. The average Bonchev–Trinajstić information content (AvgIpc) is 2.98. The molecule has 1 aromatic carbocycles. The van der Waals surface area contributed by atoms with Crippen molar-refractivity contribution in [3.8, 4) is 10.4 Å². The Balaban J connectivity index is 2.00. The summed E-state index contributed by atoms with van der Waals surface area (Å²) in [5.74, 6) is 0. The average molecular weight is 262 g/mol. The van der Waals surface area contributed by atoms with Gasteiger partial charge < -0.3 is 0 Å². The maximum atomic E-state index is 2.27. The van der Waals surface area contributed by atoms with Crippen LogP contribution in [0.2, 0.25) is 0 Å². The lowest BCUT2D eigenvalue weighted by molar-refractivity contribution is -0.510. The van der Waals surface area contributed by atoms with E-state index < -0.39 is 0 Å². The lowest BCUT2D eigenvalue weighted by Gasteiger charge is -2.01. The topological polar surface area (TPSA) is 4.10 Å². The Morgan fingerprint density at radius 2 is 1.84 bits per heavy atom. The molecule has 0 saturated heterocycles. The molecule has 0 atom stereocenters. The number of aromatic nitrogens is 1. The first kappa shape index (κ1) is 10.7. The lowest BCUT2D eigenvalue weighted by atomic mass is 10.1. The van der Waals surface area contributed by atoms with Crippen molar-refractivity contribution >= 4 is 27.6 Å². The van der Waals surface area contributed by atoms with E-state index in [1.54, 1.807) is 11.3 Å². The van der Waals surface area contributed by atoms with Gasteiger partial charge in [-0.2, -0.15) is 4.40 Å². The van der Waals surface area contributed by atoms with Crippen molar-refractivity contribution in [2.45, 2.75) is 0 Å². The third-order valence-corrected chi connectivity index (χ3v) is 4.32.